The Morgan fingerprint density at radius 2 is 2.00 bits per heavy atom. The van der Waals surface area contributed by atoms with Gasteiger partial charge in [-0.1, -0.05) is 12.1 Å². The van der Waals surface area contributed by atoms with Gasteiger partial charge in [-0.3, -0.25) is 4.79 Å². The standard InChI is InChI=1S/C15H19IO2/c1-2-18-15-9-12(10-15)8-14(17)7-11-3-5-13(16)6-4-11/h3-6,12,15H,2,7-10H2,1H3. The van der Waals surface area contributed by atoms with Gasteiger partial charge in [0.25, 0.3) is 0 Å². The van der Waals surface area contributed by atoms with E-state index in [9.17, 15) is 4.79 Å². The van der Waals surface area contributed by atoms with Gasteiger partial charge >= 0.3 is 0 Å². The highest BCUT2D eigenvalue weighted by atomic mass is 127. The lowest BCUT2D eigenvalue weighted by atomic mass is 9.78. The summed E-state index contributed by atoms with van der Waals surface area (Å²) in [5.41, 5.74) is 1.13. The lowest BCUT2D eigenvalue weighted by Gasteiger charge is -2.34. The fraction of sp³-hybridized carbons (Fsp3) is 0.533. The topological polar surface area (TPSA) is 26.3 Å². The Labute approximate surface area is 122 Å². The number of ether oxygens (including phenoxy) is 1. The minimum Gasteiger partial charge on any atom is -0.378 e. The molecule has 0 radical (unpaired) electrons. The van der Waals surface area contributed by atoms with E-state index in [1.807, 2.05) is 19.1 Å². The van der Waals surface area contributed by atoms with Crippen LogP contribution in [0.15, 0.2) is 24.3 Å². The van der Waals surface area contributed by atoms with Crippen molar-refractivity contribution in [3.05, 3.63) is 33.4 Å². The Morgan fingerprint density at radius 3 is 2.61 bits per heavy atom. The zero-order chi connectivity index (χ0) is 13.0. The largest absolute Gasteiger partial charge is 0.378 e. The normalized spacial score (nSPS) is 22.6. The van der Waals surface area contributed by atoms with Crippen molar-refractivity contribution in [2.45, 2.75) is 38.7 Å². The average molecular weight is 358 g/mol. The van der Waals surface area contributed by atoms with Crippen LogP contribution in [0.5, 0.6) is 0 Å². The summed E-state index contributed by atoms with van der Waals surface area (Å²) < 4.78 is 6.72. The molecule has 98 valence electrons. The van der Waals surface area contributed by atoms with Crippen molar-refractivity contribution in [1.29, 1.82) is 0 Å². The van der Waals surface area contributed by atoms with Gasteiger partial charge < -0.3 is 4.74 Å². The fourth-order valence-electron chi connectivity index (χ4n) is 2.44. The number of Topliss-reactive ketones (excluding diaryl/α,β-unsaturated/α-hetero) is 1. The second kappa shape index (κ2) is 6.66. The fourth-order valence-corrected chi connectivity index (χ4v) is 2.80. The van der Waals surface area contributed by atoms with E-state index in [1.54, 1.807) is 0 Å². The summed E-state index contributed by atoms with van der Waals surface area (Å²) in [7, 11) is 0. The van der Waals surface area contributed by atoms with E-state index in [0.717, 1.165) is 31.4 Å². The van der Waals surface area contributed by atoms with Gasteiger partial charge in [-0.15, -0.1) is 0 Å². The molecule has 0 saturated heterocycles. The number of halogens is 1. The van der Waals surface area contributed by atoms with E-state index in [0.29, 0.717) is 24.2 Å². The van der Waals surface area contributed by atoms with Gasteiger partial charge in [0.1, 0.15) is 5.78 Å². The van der Waals surface area contributed by atoms with Crippen LogP contribution in [0.3, 0.4) is 0 Å². The molecule has 0 aliphatic heterocycles. The summed E-state index contributed by atoms with van der Waals surface area (Å²) in [6.45, 7) is 2.81. The molecule has 0 aromatic heterocycles. The second-order valence-electron chi connectivity index (χ2n) is 4.96. The highest BCUT2D eigenvalue weighted by Crippen LogP contribution is 2.33. The number of rotatable bonds is 6. The third kappa shape index (κ3) is 4.05. The maximum absolute atomic E-state index is 11.9. The van der Waals surface area contributed by atoms with Crippen molar-refractivity contribution in [3.8, 4) is 0 Å². The van der Waals surface area contributed by atoms with Crippen LogP contribution < -0.4 is 0 Å². The molecule has 1 aromatic rings. The first-order valence-electron chi connectivity index (χ1n) is 6.55. The van der Waals surface area contributed by atoms with Crippen LogP contribution in [0.2, 0.25) is 0 Å². The van der Waals surface area contributed by atoms with Gasteiger partial charge in [-0.05, 0) is 66.0 Å². The number of carbonyl (C=O) groups excluding carboxylic acids is 1. The Balaban J connectivity index is 1.72. The lowest BCUT2D eigenvalue weighted by molar-refractivity contribution is -0.121. The Bertz CT molecular complexity index is 393. The molecule has 1 aliphatic carbocycles. The molecule has 1 fully saturated rings. The number of benzene rings is 1. The van der Waals surface area contributed by atoms with Crippen molar-refractivity contribution in [1.82, 2.24) is 0 Å². The first kappa shape index (κ1) is 14.0. The van der Waals surface area contributed by atoms with Gasteiger partial charge in [0.05, 0.1) is 6.10 Å². The third-order valence-electron chi connectivity index (χ3n) is 3.43. The van der Waals surface area contributed by atoms with Gasteiger partial charge in [0.15, 0.2) is 0 Å². The molecule has 2 nitrogen and oxygen atoms in total. The summed E-state index contributed by atoms with van der Waals surface area (Å²) in [6.07, 6.45) is 3.83. The second-order valence-corrected chi connectivity index (χ2v) is 6.21. The summed E-state index contributed by atoms with van der Waals surface area (Å²) in [5.74, 6) is 0.911. The average Bonchev–Trinajstić information content (AvgIpc) is 2.29. The number of carbonyl (C=O) groups is 1. The molecule has 0 atom stereocenters. The molecule has 0 N–H and O–H groups in total. The Kier molecular flexibility index (Phi) is 5.18. The molecule has 0 heterocycles. The van der Waals surface area contributed by atoms with Crippen molar-refractivity contribution >= 4 is 28.4 Å². The van der Waals surface area contributed by atoms with E-state index in [-0.39, 0.29) is 0 Å². The van der Waals surface area contributed by atoms with Crippen molar-refractivity contribution in [2.24, 2.45) is 5.92 Å². The molecular formula is C15H19IO2. The van der Waals surface area contributed by atoms with Crippen LogP contribution in [0.4, 0.5) is 0 Å². The molecular weight excluding hydrogens is 339 g/mol. The summed E-state index contributed by atoms with van der Waals surface area (Å²) in [5, 5.41) is 0. The highest BCUT2D eigenvalue weighted by Gasteiger charge is 2.30. The molecule has 1 aliphatic rings. The number of ketones is 1. The maximum Gasteiger partial charge on any atom is 0.137 e. The predicted molar refractivity (Wildman–Crippen MR) is 80.6 cm³/mol. The SMILES string of the molecule is CCOC1CC(CC(=O)Cc2ccc(I)cc2)C1. The number of hydrogen-bond acceptors (Lipinski definition) is 2. The Hall–Kier alpha value is -0.420. The van der Waals surface area contributed by atoms with Gasteiger partial charge in [-0.25, -0.2) is 0 Å². The van der Waals surface area contributed by atoms with E-state index >= 15 is 0 Å². The quantitative estimate of drug-likeness (QED) is 0.727. The molecule has 18 heavy (non-hydrogen) atoms. The predicted octanol–water partition coefficient (Wildman–Crippen LogP) is 3.61. The van der Waals surface area contributed by atoms with Crippen LogP contribution in [-0.4, -0.2) is 18.5 Å². The van der Waals surface area contributed by atoms with Gasteiger partial charge in [0.2, 0.25) is 0 Å². The molecule has 3 heteroatoms. The first-order chi connectivity index (χ1) is 8.67. The van der Waals surface area contributed by atoms with Crippen LogP contribution in [-0.2, 0) is 16.0 Å². The molecule has 1 saturated carbocycles. The summed E-state index contributed by atoms with van der Waals surface area (Å²) >= 11 is 2.28. The summed E-state index contributed by atoms with van der Waals surface area (Å²) in [6, 6.07) is 8.20. The van der Waals surface area contributed by atoms with E-state index in [4.69, 9.17) is 4.74 Å². The van der Waals surface area contributed by atoms with E-state index < -0.39 is 0 Å². The van der Waals surface area contributed by atoms with Gasteiger partial charge in [0, 0.05) is 23.0 Å². The molecule has 0 spiro atoms. The Morgan fingerprint density at radius 1 is 1.33 bits per heavy atom. The van der Waals surface area contributed by atoms with Crippen LogP contribution in [0.25, 0.3) is 0 Å². The maximum atomic E-state index is 11.9. The minimum absolute atomic E-state index is 0.358. The van der Waals surface area contributed by atoms with Gasteiger partial charge in [-0.2, -0.15) is 0 Å². The van der Waals surface area contributed by atoms with E-state index in [1.165, 1.54) is 3.57 Å². The molecule has 0 amide bonds. The van der Waals surface area contributed by atoms with Crippen molar-refractivity contribution < 1.29 is 9.53 Å². The molecule has 0 unspecified atom stereocenters. The highest BCUT2D eigenvalue weighted by molar-refractivity contribution is 14.1. The molecule has 2 rings (SSSR count). The van der Waals surface area contributed by atoms with Crippen molar-refractivity contribution in [2.75, 3.05) is 6.61 Å². The zero-order valence-corrected chi connectivity index (χ0v) is 12.9. The summed E-state index contributed by atoms with van der Waals surface area (Å²) in [4.78, 5) is 11.9. The smallest absolute Gasteiger partial charge is 0.137 e. The van der Waals surface area contributed by atoms with E-state index in [2.05, 4.69) is 34.7 Å². The third-order valence-corrected chi connectivity index (χ3v) is 4.14. The number of hydrogen-bond donors (Lipinski definition) is 0. The zero-order valence-electron chi connectivity index (χ0n) is 10.7. The van der Waals surface area contributed by atoms with Crippen LogP contribution in [0, 0.1) is 9.49 Å². The lowest BCUT2D eigenvalue weighted by Crippen LogP contribution is -2.33. The molecule has 1 aromatic carbocycles. The van der Waals surface area contributed by atoms with Crippen molar-refractivity contribution in [3.63, 3.8) is 0 Å². The first-order valence-corrected chi connectivity index (χ1v) is 7.63. The minimum atomic E-state index is 0.358. The van der Waals surface area contributed by atoms with Crippen LogP contribution >= 0.6 is 22.6 Å². The van der Waals surface area contributed by atoms with Crippen LogP contribution in [0.1, 0.15) is 31.7 Å². The monoisotopic (exact) mass is 358 g/mol. The molecule has 0 bridgehead atoms.